The molecule has 0 saturated heterocycles. The Kier molecular flexibility index (Phi) is 3.27. The van der Waals surface area contributed by atoms with Crippen molar-refractivity contribution in [3.05, 3.63) is 47.1 Å². The summed E-state index contributed by atoms with van der Waals surface area (Å²) in [7, 11) is 3.03. The fourth-order valence-electron chi connectivity index (χ4n) is 2.01. The molecule has 0 fully saturated rings. The zero-order valence-electron chi connectivity index (χ0n) is 11.5. The number of hydrogen-bond acceptors (Lipinski definition) is 6. The van der Waals surface area contributed by atoms with Gasteiger partial charge in [0.1, 0.15) is 0 Å². The third-order valence-electron chi connectivity index (χ3n) is 3.04. The van der Waals surface area contributed by atoms with E-state index in [-0.39, 0.29) is 5.89 Å². The molecule has 0 aliphatic heterocycles. The number of ether oxygens (including phenoxy) is 2. The summed E-state index contributed by atoms with van der Waals surface area (Å²) in [5.74, 6) is 1.17. The summed E-state index contributed by atoms with van der Waals surface area (Å²) < 4.78 is 15.6. The van der Waals surface area contributed by atoms with Crippen LogP contribution in [0.5, 0.6) is 11.5 Å². The van der Waals surface area contributed by atoms with Gasteiger partial charge in [-0.25, -0.2) is 9.78 Å². The summed E-state index contributed by atoms with van der Waals surface area (Å²) in [5, 5.41) is 0.334. The third kappa shape index (κ3) is 2.31. The van der Waals surface area contributed by atoms with E-state index in [0.29, 0.717) is 28.0 Å². The highest BCUT2D eigenvalue weighted by atomic mass is 16.5. The van der Waals surface area contributed by atoms with Crippen LogP contribution in [0.2, 0.25) is 0 Å². The van der Waals surface area contributed by atoms with Gasteiger partial charge in [0, 0.05) is 24.5 Å². The fourth-order valence-corrected chi connectivity index (χ4v) is 2.01. The Hall–Kier alpha value is -2.89. The lowest BCUT2D eigenvalue weighted by molar-refractivity contribution is 0.355. The average molecular weight is 284 g/mol. The zero-order valence-corrected chi connectivity index (χ0v) is 11.5. The molecule has 3 rings (SSSR count). The van der Waals surface area contributed by atoms with Crippen molar-refractivity contribution < 1.29 is 13.9 Å². The first-order valence-corrected chi connectivity index (χ1v) is 6.20. The zero-order chi connectivity index (χ0) is 14.8. The van der Waals surface area contributed by atoms with Crippen LogP contribution >= 0.6 is 0 Å². The molecule has 0 unspecified atom stereocenters. The molecule has 21 heavy (non-hydrogen) atoms. The molecule has 2 heterocycles. The molecule has 0 amide bonds. The van der Waals surface area contributed by atoms with Gasteiger partial charge in [0.2, 0.25) is 5.89 Å². The normalized spacial score (nSPS) is 10.6. The van der Waals surface area contributed by atoms with Crippen molar-refractivity contribution in [3.63, 3.8) is 0 Å². The van der Waals surface area contributed by atoms with Crippen LogP contribution in [0.4, 0.5) is 0 Å². The second-order valence-electron chi connectivity index (χ2n) is 4.27. The van der Waals surface area contributed by atoms with Crippen molar-refractivity contribution in [2.75, 3.05) is 14.2 Å². The van der Waals surface area contributed by atoms with E-state index in [2.05, 4.69) is 9.97 Å². The van der Waals surface area contributed by atoms with Gasteiger partial charge in [0.15, 0.2) is 11.5 Å². The molecule has 0 bridgehead atoms. The van der Waals surface area contributed by atoms with Crippen LogP contribution in [0.3, 0.4) is 0 Å². The van der Waals surface area contributed by atoms with E-state index in [1.54, 1.807) is 36.7 Å². The summed E-state index contributed by atoms with van der Waals surface area (Å²) in [5.41, 5.74) is 0.619. The van der Waals surface area contributed by atoms with Gasteiger partial charge in [-0.2, -0.15) is 0 Å². The minimum Gasteiger partial charge on any atom is -0.493 e. The monoisotopic (exact) mass is 284 g/mol. The molecule has 6 nitrogen and oxygen atoms in total. The van der Waals surface area contributed by atoms with Gasteiger partial charge in [-0.15, -0.1) is 0 Å². The Morgan fingerprint density at radius 1 is 1.14 bits per heavy atom. The quantitative estimate of drug-likeness (QED) is 0.734. The predicted molar refractivity (Wildman–Crippen MR) is 76.6 cm³/mol. The molecule has 0 aliphatic rings. The van der Waals surface area contributed by atoms with Crippen molar-refractivity contribution in [1.82, 2.24) is 9.97 Å². The maximum atomic E-state index is 12.1. The molecule has 2 aromatic heterocycles. The van der Waals surface area contributed by atoms with Crippen molar-refractivity contribution in [2.45, 2.75) is 0 Å². The SMILES string of the molecule is COc1cc2nc(-c3cccnc3)oc(=O)c2cc1OC. The molecule has 6 heteroatoms. The van der Waals surface area contributed by atoms with Gasteiger partial charge in [0.25, 0.3) is 0 Å². The van der Waals surface area contributed by atoms with Crippen LogP contribution in [-0.2, 0) is 0 Å². The Balaban J connectivity index is 2.27. The topological polar surface area (TPSA) is 74.5 Å². The lowest BCUT2D eigenvalue weighted by Crippen LogP contribution is -2.04. The van der Waals surface area contributed by atoms with E-state index in [9.17, 15) is 4.79 Å². The number of methoxy groups -OCH3 is 2. The predicted octanol–water partition coefficient (Wildman–Crippen LogP) is 2.27. The summed E-state index contributed by atoms with van der Waals surface area (Å²) >= 11 is 0. The van der Waals surface area contributed by atoms with Gasteiger partial charge < -0.3 is 13.9 Å². The highest BCUT2D eigenvalue weighted by Gasteiger charge is 2.13. The van der Waals surface area contributed by atoms with Gasteiger partial charge in [-0.3, -0.25) is 4.98 Å². The summed E-state index contributed by atoms with van der Waals surface area (Å²) in [6.07, 6.45) is 3.22. The van der Waals surface area contributed by atoms with Gasteiger partial charge in [0.05, 0.1) is 30.7 Å². The number of pyridine rings is 1. The van der Waals surface area contributed by atoms with E-state index in [0.717, 1.165) is 0 Å². The Labute approximate surface area is 120 Å². The highest BCUT2D eigenvalue weighted by Crippen LogP contribution is 2.30. The van der Waals surface area contributed by atoms with Crippen molar-refractivity contribution in [3.8, 4) is 23.0 Å². The van der Waals surface area contributed by atoms with Crippen molar-refractivity contribution in [2.24, 2.45) is 0 Å². The van der Waals surface area contributed by atoms with Gasteiger partial charge in [-0.1, -0.05) is 0 Å². The van der Waals surface area contributed by atoms with Gasteiger partial charge >= 0.3 is 5.63 Å². The summed E-state index contributed by atoms with van der Waals surface area (Å²) in [6.45, 7) is 0. The van der Waals surface area contributed by atoms with E-state index in [1.807, 2.05) is 0 Å². The number of fused-ring (bicyclic) bond motifs is 1. The molecule has 0 N–H and O–H groups in total. The minimum atomic E-state index is -0.486. The maximum absolute atomic E-state index is 12.1. The number of nitrogens with zero attached hydrogens (tertiary/aromatic N) is 2. The summed E-state index contributed by atoms with van der Waals surface area (Å²) in [6, 6.07) is 6.71. The molecular formula is C15H12N2O4. The molecule has 0 spiro atoms. The van der Waals surface area contributed by atoms with Gasteiger partial charge in [-0.05, 0) is 12.1 Å². The molecule has 0 atom stereocenters. The molecule has 0 aliphatic carbocycles. The Bertz CT molecular complexity index is 843. The van der Waals surface area contributed by atoms with Crippen LogP contribution in [0.25, 0.3) is 22.4 Å². The first-order valence-electron chi connectivity index (χ1n) is 6.20. The number of hydrogen-bond donors (Lipinski definition) is 0. The largest absolute Gasteiger partial charge is 0.493 e. The Morgan fingerprint density at radius 2 is 1.90 bits per heavy atom. The smallest absolute Gasteiger partial charge is 0.347 e. The molecule has 106 valence electrons. The Morgan fingerprint density at radius 3 is 2.57 bits per heavy atom. The van der Waals surface area contributed by atoms with E-state index in [1.165, 1.54) is 14.2 Å². The summed E-state index contributed by atoms with van der Waals surface area (Å²) in [4.78, 5) is 20.5. The van der Waals surface area contributed by atoms with Crippen LogP contribution in [0.1, 0.15) is 0 Å². The molecule has 3 aromatic rings. The van der Waals surface area contributed by atoms with Crippen molar-refractivity contribution in [1.29, 1.82) is 0 Å². The first-order chi connectivity index (χ1) is 10.2. The van der Waals surface area contributed by atoms with Crippen molar-refractivity contribution >= 4 is 10.9 Å². The maximum Gasteiger partial charge on any atom is 0.347 e. The number of benzene rings is 1. The standard InChI is InChI=1S/C15H12N2O4/c1-19-12-6-10-11(7-13(12)20-2)17-14(21-15(10)18)9-4-3-5-16-8-9/h3-8H,1-2H3. The molecule has 0 saturated carbocycles. The lowest BCUT2D eigenvalue weighted by atomic mass is 10.2. The van der Waals surface area contributed by atoms with Crippen LogP contribution < -0.4 is 15.1 Å². The van der Waals surface area contributed by atoms with Crippen LogP contribution in [-0.4, -0.2) is 24.2 Å². The minimum absolute atomic E-state index is 0.216. The molecule has 0 radical (unpaired) electrons. The third-order valence-corrected chi connectivity index (χ3v) is 3.04. The second kappa shape index (κ2) is 5.24. The van der Waals surface area contributed by atoms with E-state index >= 15 is 0 Å². The van der Waals surface area contributed by atoms with Crippen LogP contribution in [0.15, 0.2) is 45.9 Å². The van der Waals surface area contributed by atoms with Crippen LogP contribution in [0, 0.1) is 0 Å². The van der Waals surface area contributed by atoms with E-state index in [4.69, 9.17) is 13.9 Å². The molecule has 1 aromatic carbocycles. The first kappa shape index (κ1) is 13.1. The fraction of sp³-hybridized carbons (Fsp3) is 0.133. The second-order valence-corrected chi connectivity index (χ2v) is 4.27. The van der Waals surface area contributed by atoms with E-state index < -0.39 is 5.63 Å². The lowest BCUT2D eigenvalue weighted by Gasteiger charge is -2.08. The highest BCUT2D eigenvalue weighted by molar-refractivity contribution is 5.82. The number of aromatic nitrogens is 2. The molecular weight excluding hydrogens is 272 g/mol. The number of rotatable bonds is 3. The average Bonchev–Trinajstić information content (AvgIpc) is 2.54.